The van der Waals surface area contributed by atoms with Crippen molar-refractivity contribution in [2.75, 3.05) is 6.54 Å². The molecule has 0 spiro atoms. The fourth-order valence-electron chi connectivity index (χ4n) is 3.17. The predicted molar refractivity (Wildman–Crippen MR) is 78.5 cm³/mol. The third-order valence-corrected chi connectivity index (χ3v) is 4.22. The first-order chi connectivity index (χ1) is 10.1. The molecular formula is C15H20N4O2. The molecule has 2 aromatic heterocycles. The summed E-state index contributed by atoms with van der Waals surface area (Å²) in [4.78, 5) is 13.6. The number of carboxylic acids is 1. The van der Waals surface area contributed by atoms with Gasteiger partial charge in [-0.25, -0.2) is 4.79 Å². The van der Waals surface area contributed by atoms with Crippen molar-refractivity contribution < 1.29 is 9.90 Å². The average Bonchev–Trinajstić information content (AvgIpc) is 3.06. The molecule has 112 valence electrons. The van der Waals surface area contributed by atoms with Crippen molar-refractivity contribution in [3.05, 3.63) is 29.7 Å². The number of rotatable bonds is 4. The van der Waals surface area contributed by atoms with Gasteiger partial charge in [0, 0.05) is 24.7 Å². The number of hydrogen-bond donors (Lipinski definition) is 1. The number of hydrogen-bond acceptors (Lipinski definition) is 4. The number of fused-ring (bicyclic) bond motifs is 1. The number of pyridine rings is 1. The van der Waals surface area contributed by atoms with Gasteiger partial charge in [0.15, 0.2) is 5.65 Å². The van der Waals surface area contributed by atoms with Crippen LogP contribution in [0.1, 0.15) is 42.9 Å². The maximum atomic E-state index is 11.1. The summed E-state index contributed by atoms with van der Waals surface area (Å²) in [5.74, 6) is -0.0909. The van der Waals surface area contributed by atoms with Gasteiger partial charge in [-0.2, -0.15) is 0 Å². The Labute approximate surface area is 123 Å². The van der Waals surface area contributed by atoms with Crippen LogP contribution in [0.15, 0.2) is 18.3 Å². The van der Waals surface area contributed by atoms with Crippen molar-refractivity contribution >= 4 is 11.6 Å². The second-order valence-electron chi connectivity index (χ2n) is 5.90. The summed E-state index contributed by atoms with van der Waals surface area (Å²) in [6.45, 7) is 5.55. The van der Waals surface area contributed by atoms with E-state index in [1.807, 2.05) is 0 Å². The van der Waals surface area contributed by atoms with E-state index >= 15 is 0 Å². The van der Waals surface area contributed by atoms with Crippen LogP contribution in [0, 0.1) is 0 Å². The second-order valence-corrected chi connectivity index (χ2v) is 5.90. The Bertz CT molecular complexity index is 665. The molecule has 1 unspecified atom stereocenters. The van der Waals surface area contributed by atoms with Gasteiger partial charge in [0.2, 0.25) is 0 Å². The molecule has 1 aliphatic heterocycles. The van der Waals surface area contributed by atoms with Gasteiger partial charge >= 0.3 is 5.97 Å². The summed E-state index contributed by atoms with van der Waals surface area (Å²) in [6.07, 6.45) is 4.79. The van der Waals surface area contributed by atoms with Crippen LogP contribution >= 0.6 is 0 Å². The number of nitrogens with zero attached hydrogens (tertiary/aromatic N) is 4. The van der Waals surface area contributed by atoms with Gasteiger partial charge in [-0.3, -0.25) is 9.30 Å². The number of likely N-dealkylation sites (tertiary alicyclic amines) is 1. The van der Waals surface area contributed by atoms with Crippen LogP contribution in [0.2, 0.25) is 0 Å². The Morgan fingerprint density at radius 3 is 2.95 bits per heavy atom. The Hall–Kier alpha value is -1.95. The van der Waals surface area contributed by atoms with Crippen LogP contribution in [-0.4, -0.2) is 49.2 Å². The molecular weight excluding hydrogens is 268 g/mol. The molecule has 1 fully saturated rings. The lowest BCUT2D eigenvalue weighted by molar-refractivity contribution is 0.0696. The van der Waals surface area contributed by atoms with Crippen LogP contribution in [-0.2, 0) is 6.42 Å². The maximum absolute atomic E-state index is 11.1. The summed E-state index contributed by atoms with van der Waals surface area (Å²) < 4.78 is 1.81. The van der Waals surface area contributed by atoms with Crippen LogP contribution < -0.4 is 0 Å². The highest BCUT2D eigenvalue weighted by atomic mass is 16.4. The summed E-state index contributed by atoms with van der Waals surface area (Å²) in [7, 11) is 0. The Morgan fingerprint density at radius 2 is 2.24 bits per heavy atom. The van der Waals surface area contributed by atoms with Crippen LogP contribution in [0.4, 0.5) is 0 Å². The van der Waals surface area contributed by atoms with E-state index in [1.54, 1.807) is 22.7 Å². The molecule has 1 aliphatic rings. The summed E-state index contributed by atoms with van der Waals surface area (Å²) in [6, 6.07) is 4.25. The van der Waals surface area contributed by atoms with E-state index in [9.17, 15) is 4.79 Å². The largest absolute Gasteiger partial charge is 0.478 e. The fourth-order valence-corrected chi connectivity index (χ4v) is 3.17. The third-order valence-electron chi connectivity index (χ3n) is 4.22. The number of aromatic carboxylic acids is 1. The molecule has 0 radical (unpaired) electrons. The quantitative estimate of drug-likeness (QED) is 0.929. The van der Waals surface area contributed by atoms with Gasteiger partial charge in [-0.05, 0) is 45.4 Å². The van der Waals surface area contributed by atoms with Crippen LogP contribution in [0.5, 0.6) is 0 Å². The highest BCUT2D eigenvalue weighted by molar-refractivity contribution is 5.87. The van der Waals surface area contributed by atoms with E-state index in [1.165, 1.54) is 6.42 Å². The highest BCUT2D eigenvalue weighted by Crippen LogP contribution is 2.23. The molecule has 3 heterocycles. The molecule has 0 aromatic carbocycles. The van der Waals surface area contributed by atoms with Crippen molar-refractivity contribution in [2.45, 2.75) is 45.2 Å². The van der Waals surface area contributed by atoms with Crippen molar-refractivity contribution in [3.63, 3.8) is 0 Å². The van der Waals surface area contributed by atoms with Crippen LogP contribution in [0.3, 0.4) is 0 Å². The zero-order chi connectivity index (χ0) is 15.0. The maximum Gasteiger partial charge on any atom is 0.337 e. The summed E-state index contributed by atoms with van der Waals surface area (Å²) in [5, 5.41) is 17.5. The lowest BCUT2D eigenvalue weighted by atomic mass is 10.1. The van der Waals surface area contributed by atoms with Gasteiger partial charge in [0.25, 0.3) is 0 Å². The summed E-state index contributed by atoms with van der Waals surface area (Å²) >= 11 is 0. The molecule has 1 N–H and O–H groups in total. The van der Waals surface area contributed by atoms with E-state index in [-0.39, 0.29) is 5.56 Å². The lowest BCUT2D eigenvalue weighted by Gasteiger charge is -2.27. The minimum Gasteiger partial charge on any atom is -0.478 e. The van der Waals surface area contributed by atoms with Gasteiger partial charge in [0.05, 0.1) is 5.56 Å². The lowest BCUT2D eigenvalue weighted by Crippen LogP contribution is -2.37. The fraction of sp³-hybridized carbons (Fsp3) is 0.533. The van der Waals surface area contributed by atoms with Gasteiger partial charge in [-0.1, -0.05) is 0 Å². The first-order valence-corrected chi connectivity index (χ1v) is 7.39. The highest BCUT2D eigenvalue weighted by Gasteiger charge is 2.28. The number of carbonyl (C=O) groups is 1. The van der Waals surface area contributed by atoms with Crippen molar-refractivity contribution in [3.8, 4) is 0 Å². The standard InChI is InChI=1S/C15H20N4O2/c1-10(2)18-7-3-4-12(18)8-14-17-16-13-6-5-11(15(20)21)9-19(13)14/h5-6,9-10,12H,3-4,7-8H2,1-2H3,(H,20,21). The predicted octanol–water partition coefficient (Wildman–Crippen LogP) is 1.84. The number of aromatic nitrogens is 3. The van der Waals surface area contributed by atoms with Gasteiger partial charge in [-0.15, -0.1) is 10.2 Å². The van der Waals surface area contributed by atoms with E-state index < -0.39 is 5.97 Å². The molecule has 21 heavy (non-hydrogen) atoms. The normalized spacial score (nSPS) is 19.7. The SMILES string of the molecule is CC(C)N1CCCC1Cc1nnc2ccc(C(=O)O)cn12. The molecule has 1 atom stereocenters. The molecule has 0 aliphatic carbocycles. The molecule has 3 rings (SSSR count). The Kier molecular flexibility index (Phi) is 3.63. The number of carboxylic acid groups (broad SMARTS) is 1. The monoisotopic (exact) mass is 288 g/mol. The van der Waals surface area contributed by atoms with Crippen molar-refractivity contribution in [2.24, 2.45) is 0 Å². The molecule has 0 amide bonds. The molecule has 6 nitrogen and oxygen atoms in total. The van der Waals surface area contributed by atoms with E-state index in [2.05, 4.69) is 28.9 Å². The minimum absolute atomic E-state index is 0.260. The summed E-state index contributed by atoms with van der Waals surface area (Å²) in [5.41, 5.74) is 0.958. The first-order valence-electron chi connectivity index (χ1n) is 7.39. The van der Waals surface area contributed by atoms with E-state index in [0.717, 1.165) is 25.2 Å². The van der Waals surface area contributed by atoms with E-state index in [4.69, 9.17) is 5.11 Å². The van der Waals surface area contributed by atoms with Gasteiger partial charge < -0.3 is 5.11 Å². The van der Waals surface area contributed by atoms with Gasteiger partial charge in [0.1, 0.15) is 5.82 Å². The Balaban J connectivity index is 1.90. The zero-order valence-corrected chi connectivity index (χ0v) is 12.4. The first kappa shape index (κ1) is 14.0. The molecule has 2 aromatic rings. The average molecular weight is 288 g/mol. The van der Waals surface area contributed by atoms with E-state index in [0.29, 0.717) is 17.7 Å². The molecule has 0 bridgehead atoms. The topological polar surface area (TPSA) is 70.7 Å². The second kappa shape index (κ2) is 5.44. The molecule has 0 saturated carbocycles. The van der Waals surface area contributed by atoms with Crippen LogP contribution in [0.25, 0.3) is 5.65 Å². The molecule has 1 saturated heterocycles. The van der Waals surface area contributed by atoms with Crippen molar-refractivity contribution in [1.82, 2.24) is 19.5 Å². The smallest absolute Gasteiger partial charge is 0.337 e. The van der Waals surface area contributed by atoms with Crippen molar-refractivity contribution in [1.29, 1.82) is 0 Å². The third kappa shape index (κ3) is 2.63. The minimum atomic E-state index is -0.929. The Morgan fingerprint density at radius 1 is 1.43 bits per heavy atom. The molecule has 6 heteroatoms. The zero-order valence-electron chi connectivity index (χ0n) is 12.4.